The van der Waals surface area contributed by atoms with E-state index in [9.17, 15) is 0 Å². The van der Waals surface area contributed by atoms with E-state index in [0.29, 0.717) is 23.4 Å². The van der Waals surface area contributed by atoms with Gasteiger partial charge in [0.2, 0.25) is 11.7 Å². The number of nitrogens with zero attached hydrogens (tertiary/aromatic N) is 3. The van der Waals surface area contributed by atoms with Crippen LogP contribution in [0.1, 0.15) is 11.5 Å². The molecule has 1 N–H and O–H groups in total. The molecule has 3 rings (SSSR count). The third kappa shape index (κ3) is 4.64. The second-order valence-electron chi connectivity index (χ2n) is 5.67. The van der Waals surface area contributed by atoms with E-state index in [1.165, 1.54) is 5.56 Å². The van der Waals surface area contributed by atoms with Crippen molar-refractivity contribution in [1.29, 1.82) is 0 Å². The van der Waals surface area contributed by atoms with Crippen molar-refractivity contribution in [2.45, 2.75) is 13.5 Å². The van der Waals surface area contributed by atoms with Crippen LogP contribution in [0.5, 0.6) is 0 Å². The number of hydrogen-bond donors (Lipinski definition) is 1. The first kappa shape index (κ1) is 17.6. The molecule has 0 amide bonds. The molecule has 2 aromatic carbocycles. The Morgan fingerprint density at radius 1 is 1.24 bits per heavy atom. The zero-order valence-corrected chi connectivity index (χ0v) is 16.3. The van der Waals surface area contributed by atoms with Gasteiger partial charge in [0.15, 0.2) is 5.11 Å². The van der Waals surface area contributed by atoms with E-state index < -0.39 is 0 Å². The molecule has 128 valence electrons. The van der Waals surface area contributed by atoms with E-state index >= 15 is 0 Å². The number of aryl methyl sites for hydroxylation is 1. The Morgan fingerprint density at radius 2 is 2.00 bits per heavy atom. The number of anilines is 1. The lowest BCUT2D eigenvalue weighted by molar-refractivity contribution is 0.336. The third-order valence-corrected chi connectivity index (χ3v) is 4.48. The molecule has 5 nitrogen and oxygen atoms in total. The molecule has 0 spiro atoms. The van der Waals surface area contributed by atoms with Gasteiger partial charge in [-0.3, -0.25) is 0 Å². The molecule has 0 saturated heterocycles. The lowest BCUT2D eigenvalue weighted by Crippen LogP contribution is -2.30. The van der Waals surface area contributed by atoms with Crippen LogP contribution in [-0.2, 0) is 6.54 Å². The van der Waals surface area contributed by atoms with E-state index in [4.69, 9.17) is 16.7 Å². The molecule has 7 heteroatoms. The number of rotatable bonds is 4. The van der Waals surface area contributed by atoms with Crippen LogP contribution in [0.15, 0.2) is 57.5 Å². The van der Waals surface area contributed by atoms with Crippen molar-refractivity contribution in [3.05, 3.63) is 64.5 Å². The Labute approximate surface area is 160 Å². The largest absolute Gasteiger partial charge is 0.343 e. The van der Waals surface area contributed by atoms with Crippen LogP contribution < -0.4 is 5.32 Å². The predicted molar refractivity (Wildman–Crippen MR) is 106 cm³/mol. The lowest BCUT2D eigenvalue weighted by atomic mass is 10.2. The van der Waals surface area contributed by atoms with Gasteiger partial charge in [0.1, 0.15) is 0 Å². The smallest absolute Gasteiger partial charge is 0.246 e. The topological polar surface area (TPSA) is 54.2 Å². The highest BCUT2D eigenvalue weighted by Gasteiger charge is 2.13. The Hall–Kier alpha value is -2.25. The maximum atomic E-state index is 5.43. The van der Waals surface area contributed by atoms with Gasteiger partial charge in [0.05, 0.1) is 6.54 Å². The van der Waals surface area contributed by atoms with Crippen molar-refractivity contribution < 1.29 is 4.52 Å². The molecule has 0 aliphatic carbocycles. The molecule has 0 bridgehead atoms. The average molecular weight is 417 g/mol. The van der Waals surface area contributed by atoms with Gasteiger partial charge >= 0.3 is 0 Å². The predicted octanol–water partition coefficient (Wildman–Crippen LogP) is 4.64. The van der Waals surface area contributed by atoms with Gasteiger partial charge in [-0.25, -0.2) is 0 Å². The Balaban J connectivity index is 1.64. The molecule has 0 unspecified atom stereocenters. The van der Waals surface area contributed by atoms with Gasteiger partial charge in [-0.15, -0.1) is 0 Å². The molecule has 0 aliphatic heterocycles. The molecular weight excluding hydrogens is 400 g/mol. The van der Waals surface area contributed by atoms with Crippen LogP contribution in [0.4, 0.5) is 5.69 Å². The molecule has 0 atom stereocenters. The maximum Gasteiger partial charge on any atom is 0.246 e. The first-order valence-electron chi connectivity index (χ1n) is 7.68. The number of halogens is 1. The minimum Gasteiger partial charge on any atom is -0.343 e. The fourth-order valence-electron chi connectivity index (χ4n) is 2.19. The molecule has 0 radical (unpaired) electrons. The summed E-state index contributed by atoms with van der Waals surface area (Å²) in [6, 6.07) is 15.8. The van der Waals surface area contributed by atoms with Crippen LogP contribution in [0.2, 0.25) is 0 Å². The SMILES string of the molecule is Cc1ccc(NC(=S)N(C)Cc2nc(-c3cccc(Br)c3)no2)cc1. The summed E-state index contributed by atoms with van der Waals surface area (Å²) in [4.78, 5) is 6.29. The zero-order chi connectivity index (χ0) is 17.8. The number of benzene rings is 2. The molecule has 0 saturated carbocycles. The normalized spacial score (nSPS) is 10.5. The highest BCUT2D eigenvalue weighted by atomic mass is 79.9. The van der Waals surface area contributed by atoms with Crippen molar-refractivity contribution in [1.82, 2.24) is 15.0 Å². The minimum atomic E-state index is 0.429. The van der Waals surface area contributed by atoms with E-state index in [1.54, 1.807) is 0 Å². The third-order valence-electron chi connectivity index (χ3n) is 3.57. The fraction of sp³-hybridized carbons (Fsp3) is 0.167. The van der Waals surface area contributed by atoms with Crippen LogP contribution >= 0.6 is 28.1 Å². The van der Waals surface area contributed by atoms with Gasteiger partial charge in [-0.1, -0.05) is 50.9 Å². The number of nitrogens with one attached hydrogen (secondary N) is 1. The molecule has 1 aromatic heterocycles. The van der Waals surface area contributed by atoms with Gasteiger partial charge < -0.3 is 14.7 Å². The first-order valence-corrected chi connectivity index (χ1v) is 8.89. The highest BCUT2D eigenvalue weighted by Crippen LogP contribution is 2.20. The van der Waals surface area contributed by atoms with Gasteiger partial charge in [-0.2, -0.15) is 4.98 Å². The Morgan fingerprint density at radius 3 is 2.72 bits per heavy atom. The first-order chi connectivity index (χ1) is 12.0. The summed E-state index contributed by atoms with van der Waals surface area (Å²) in [6.45, 7) is 2.48. The summed E-state index contributed by atoms with van der Waals surface area (Å²) >= 11 is 8.87. The van der Waals surface area contributed by atoms with E-state index in [-0.39, 0.29) is 0 Å². The lowest BCUT2D eigenvalue weighted by Gasteiger charge is -2.19. The van der Waals surface area contributed by atoms with Gasteiger partial charge in [0.25, 0.3) is 0 Å². The summed E-state index contributed by atoms with van der Waals surface area (Å²) < 4.78 is 6.31. The molecule has 0 fully saturated rings. The minimum absolute atomic E-state index is 0.429. The Bertz CT molecular complexity index is 879. The van der Waals surface area contributed by atoms with Crippen molar-refractivity contribution in [2.24, 2.45) is 0 Å². The second kappa shape index (κ2) is 7.76. The van der Waals surface area contributed by atoms with E-state index in [0.717, 1.165) is 15.7 Å². The molecule has 1 heterocycles. The summed E-state index contributed by atoms with van der Waals surface area (Å²) in [5.41, 5.74) is 3.05. The summed E-state index contributed by atoms with van der Waals surface area (Å²) in [6.07, 6.45) is 0. The quantitative estimate of drug-likeness (QED) is 0.625. The van der Waals surface area contributed by atoms with Crippen LogP contribution in [0.3, 0.4) is 0 Å². The van der Waals surface area contributed by atoms with Crippen molar-refractivity contribution >= 4 is 38.9 Å². The monoisotopic (exact) mass is 416 g/mol. The van der Waals surface area contributed by atoms with E-state index in [1.807, 2.05) is 67.4 Å². The molecule has 25 heavy (non-hydrogen) atoms. The van der Waals surface area contributed by atoms with E-state index in [2.05, 4.69) is 31.4 Å². The summed E-state index contributed by atoms with van der Waals surface area (Å²) in [5.74, 6) is 1.06. The molecular formula is C18H17BrN4OS. The maximum absolute atomic E-state index is 5.43. The molecule has 0 aliphatic rings. The summed E-state index contributed by atoms with van der Waals surface area (Å²) in [7, 11) is 1.88. The van der Waals surface area contributed by atoms with Gasteiger partial charge in [-0.05, 0) is 43.4 Å². The number of aromatic nitrogens is 2. The number of thiocarbonyl (C=S) groups is 1. The van der Waals surface area contributed by atoms with Gasteiger partial charge in [0, 0.05) is 22.8 Å². The van der Waals surface area contributed by atoms with Crippen LogP contribution in [0.25, 0.3) is 11.4 Å². The Kier molecular flexibility index (Phi) is 5.45. The second-order valence-corrected chi connectivity index (χ2v) is 6.98. The number of hydrogen-bond acceptors (Lipinski definition) is 4. The van der Waals surface area contributed by atoms with Crippen LogP contribution in [-0.4, -0.2) is 27.2 Å². The average Bonchev–Trinajstić information content (AvgIpc) is 3.05. The van der Waals surface area contributed by atoms with Crippen molar-refractivity contribution in [3.8, 4) is 11.4 Å². The van der Waals surface area contributed by atoms with Crippen molar-refractivity contribution in [3.63, 3.8) is 0 Å². The summed E-state index contributed by atoms with van der Waals surface area (Å²) in [5, 5.41) is 7.82. The highest BCUT2D eigenvalue weighted by molar-refractivity contribution is 9.10. The zero-order valence-electron chi connectivity index (χ0n) is 13.9. The van der Waals surface area contributed by atoms with Crippen LogP contribution in [0, 0.1) is 6.92 Å². The molecule has 3 aromatic rings. The van der Waals surface area contributed by atoms with Crippen molar-refractivity contribution in [2.75, 3.05) is 12.4 Å². The standard InChI is InChI=1S/C18H17BrN4OS/c1-12-6-8-15(9-7-12)20-18(25)23(2)11-16-21-17(22-24-16)13-4-3-5-14(19)10-13/h3-10H,11H2,1-2H3,(H,20,25). The fourth-order valence-corrected chi connectivity index (χ4v) is 2.78.